The van der Waals surface area contributed by atoms with E-state index in [1.807, 2.05) is 16.8 Å². The first-order valence-electron chi connectivity index (χ1n) is 8.84. The lowest BCUT2D eigenvalue weighted by atomic mass is 9.92. The molecule has 2 atom stereocenters. The Morgan fingerprint density at radius 2 is 2.12 bits per heavy atom. The van der Waals surface area contributed by atoms with E-state index in [2.05, 4.69) is 5.10 Å². The van der Waals surface area contributed by atoms with Gasteiger partial charge < -0.3 is 9.84 Å². The summed E-state index contributed by atoms with van der Waals surface area (Å²) in [5, 5.41) is 18.0. The molecule has 7 nitrogen and oxygen atoms in total. The molecule has 0 amide bonds. The average Bonchev–Trinajstić information content (AvgIpc) is 3.42. The zero-order valence-electron chi connectivity index (χ0n) is 14.4. The van der Waals surface area contributed by atoms with Crippen LogP contribution in [0.3, 0.4) is 0 Å². The number of hydrogen-bond donors (Lipinski definition) is 1. The number of sulfonamides is 1. The fourth-order valence-electron chi connectivity index (χ4n) is 3.83. The van der Waals surface area contributed by atoms with Crippen molar-refractivity contribution in [3.63, 3.8) is 0 Å². The van der Waals surface area contributed by atoms with Gasteiger partial charge in [0.05, 0.1) is 12.2 Å². The lowest BCUT2D eigenvalue weighted by Gasteiger charge is -2.22. The van der Waals surface area contributed by atoms with Crippen molar-refractivity contribution < 1.29 is 18.3 Å². The van der Waals surface area contributed by atoms with E-state index in [0.29, 0.717) is 26.3 Å². The Hall–Kier alpha value is -1.26. The Morgan fingerprint density at radius 3 is 2.81 bits per heavy atom. The summed E-state index contributed by atoms with van der Waals surface area (Å²) in [7, 11) is -3.61. The molecule has 0 saturated carbocycles. The predicted molar refractivity (Wildman–Crippen MR) is 97.7 cm³/mol. The number of aliphatic hydroxyl groups excluding tert-OH is 1. The van der Waals surface area contributed by atoms with Crippen LogP contribution in [0.25, 0.3) is 0 Å². The van der Waals surface area contributed by atoms with Gasteiger partial charge in [0, 0.05) is 50.9 Å². The summed E-state index contributed by atoms with van der Waals surface area (Å²) < 4.78 is 34.8. The van der Waals surface area contributed by atoms with Gasteiger partial charge in [0.1, 0.15) is 4.90 Å². The fraction of sp³-hybridized carbons (Fsp3) is 0.588. The molecule has 9 heteroatoms. The minimum Gasteiger partial charge on any atom is -0.396 e. The highest BCUT2D eigenvalue weighted by atomic mass is 32.2. The van der Waals surface area contributed by atoms with Crippen molar-refractivity contribution in [2.75, 3.05) is 32.9 Å². The van der Waals surface area contributed by atoms with Gasteiger partial charge in [-0.25, -0.2) is 8.42 Å². The van der Waals surface area contributed by atoms with E-state index in [1.54, 1.807) is 22.2 Å². The Morgan fingerprint density at radius 1 is 1.31 bits per heavy atom. The van der Waals surface area contributed by atoms with Crippen molar-refractivity contribution in [1.82, 2.24) is 14.1 Å². The fourth-order valence-corrected chi connectivity index (χ4v) is 6.02. The first-order valence-corrected chi connectivity index (χ1v) is 11.2. The smallest absolute Gasteiger partial charge is 0.246 e. The molecule has 2 unspecified atom stereocenters. The average molecular weight is 398 g/mol. The third-order valence-electron chi connectivity index (χ3n) is 5.39. The van der Waals surface area contributed by atoms with Crippen LogP contribution in [-0.4, -0.2) is 60.5 Å². The quantitative estimate of drug-likeness (QED) is 0.830. The number of ether oxygens (including phenoxy) is 1. The maximum Gasteiger partial charge on any atom is 0.246 e. The first kappa shape index (κ1) is 18.1. The van der Waals surface area contributed by atoms with Crippen molar-refractivity contribution in [2.24, 2.45) is 5.92 Å². The summed E-state index contributed by atoms with van der Waals surface area (Å²) >= 11 is 1.59. The van der Waals surface area contributed by atoms with E-state index in [-0.39, 0.29) is 29.4 Å². The Kier molecular flexibility index (Phi) is 5.15. The van der Waals surface area contributed by atoms with Gasteiger partial charge in [0.2, 0.25) is 10.0 Å². The van der Waals surface area contributed by atoms with Gasteiger partial charge in [-0.05, 0) is 35.2 Å². The van der Waals surface area contributed by atoms with E-state index in [1.165, 1.54) is 10.5 Å². The van der Waals surface area contributed by atoms with Gasteiger partial charge in [-0.3, -0.25) is 4.68 Å². The molecule has 0 radical (unpaired) electrons. The molecule has 2 aromatic rings. The summed E-state index contributed by atoms with van der Waals surface area (Å²) in [4.78, 5) is 0.228. The highest BCUT2D eigenvalue weighted by molar-refractivity contribution is 7.89. The molecule has 0 aliphatic carbocycles. The molecule has 2 aliphatic rings. The van der Waals surface area contributed by atoms with Crippen molar-refractivity contribution in [2.45, 2.75) is 29.7 Å². The molecule has 2 aliphatic heterocycles. The molecule has 1 N–H and O–H groups in total. The standard InChI is InChI=1S/C17H23N3O4S2/c21-11-14-8-19(10-17(14)13-3-6-25-12-13)26(22,23)16-7-18-20(9-16)15-1-4-24-5-2-15/h3,6-7,9,12,14-15,17,21H,1-2,4-5,8,10-11H2. The van der Waals surface area contributed by atoms with Crippen LogP contribution >= 0.6 is 11.3 Å². The van der Waals surface area contributed by atoms with Crippen LogP contribution in [0.15, 0.2) is 34.1 Å². The lowest BCUT2D eigenvalue weighted by molar-refractivity contribution is 0.0662. The Labute approximate surface area is 157 Å². The number of thiophene rings is 1. The Balaban J connectivity index is 1.54. The van der Waals surface area contributed by atoms with E-state index < -0.39 is 10.0 Å². The van der Waals surface area contributed by atoms with Crippen LogP contribution < -0.4 is 0 Å². The SMILES string of the molecule is O=S(=O)(c1cnn(C2CCOCC2)c1)N1CC(CO)C(c2ccsc2)C1. The summed E-state index contributed by atoms with van der Waals surface area (Å²) in [6.07, 6.45) is 4.77. The highest BCUT2D eigenvalue weighted by Gasteiger charge is 2.40. The van der Waals surface area contributed by atoms with Gasteiger partial charge in [0.25, 0.3) is 0 Å². The van der Waals surface area contributed by atoms with E-state index >= 15 is 0 Å². The molecule has 0 aromatic carbocycles. The van der Waals surface area contributed by atoms with E-state index in [9.17, 15) is 13.5 Å². The van der Waals surface area contributed by atoms with Gasteiger partial charge in [-0.1, -0.05) is 0 Å². The summed E-state index contributed by atoms with van der Waals surface area (Å²) in [5.74, 6) is -0.0449. The molecule has 142 valence electrons. The molecule has 2 saturated heterocycles. The van der Waals surface area contributed by atoms with Crippen molar-refractivity contribution in [1.29, 1.82) is 0 Å². The third-order valence-corrected chi connectivity index (χ3v) is 7.88. The Bertz CT molecular complexity index is 828. The number of rotatable bonds is 5. The second-order valence-corrected chi connectivity index (χ2v) is 9.65. The van der Waals surface area contributed by atoms with Crippen LogP contribution in [0.1, 0.15) is 30.4 Å². The van der Waals surface area contributed by atoms with Crippen molar-refractivity contribution in [3.8, 4) is 0 Å². The summed E-state index contributed by atoms with van der Waals surface area (Å²) in [6.45, 7) is 2.07. The number of aromatic nitrogens is 2. The zero-order chi connectivity index (χ0) is 18.1. The third kappa shape index (κ3) is 3.34. The summed E-state index contributed by atoms with van der Waals surface area (Å²) in [6, 6.07) is 2.20. The molecular weight excluding hydrogens is 374 g/mol. The maximum absolute atomic E-state index is 13.1. The molecule has 4 rings (SSSR count). The topological polar surface area (TPSA) is 84.7 Å². The first-order chi connectivity index (χ1) is 12.6. The summed E-state index contributed by atoms with van der Waals surface area (Å²) in [5.41, 5.74) is 1.10. The van der Waals surface area contributed by atoms with Crippen LogP contribution in [0.4, 0.5) is 0 Å². The second kappa shape index (κ2) is 7.40. The number of aliphatic hydroxyl groups is 1. The van der Waals surface area contributed by atoms with Gasteiger partial charge in [0.15, 0.2) is 0 Å². The molecule has 26 heavy (non-hydrogen) atoms. The van der Waals surface area contributed by atoms with Crippen LogP contribution in [-0.2, 0) is 14.8 Å². The second-order valence-electron chi connectivity index (χ2n) is 6.93. The molecule has 2 aromatic heterocycles. The monoisotopic (exact) mass is 397 g/mol. The molecule has 0 bridgehead atoms. The van der Waals surface area contributed by atoms with Crippen LogP contribution in [0.5, 0.6) is 0 Å². The van der Waals surface area contributed by atoms with Crippen molar-refractivity contribution >= 4 is 21.4 Å². The number of nitrogens with zero attached hydrogens (tertiary/aromatic N) is 3. The highest BCUT2D eigenvalue weighted by Crippen LogP contribution is 2.36. The molecule has 4 heterocycles. The van der Waals surface area contributed by atoms with Crippen molar-refractivity contribution in [3.05, 3.63) is 34.8 Å². The maximum atomic E-state index is 13.1. The normalized spacial score (nSPS) is 25.7. The van der Waals surface area contributed by atoms with E-state index in [0.717, 1.165) is 18.4 Å². The van der Waals surface area contributed by atoms with Gasteiger partial charge in [-0.2, -0.15) is 20.7 Å². The van der Waals surface area contributed by atoms with Gasteiger partial charge >= 0.3 is 0 Å². The minimum atomic E-state index is -3.61. The van der Waals surface area contributed by atoms with E-state index in [4.69, 9.17) is 4.74 Å². The molecule has 0 spiro atoms. The van der Waals surface area contributed by atoms with Crippen LogP contribution in [0, 0.1) is 5.92 Å². The lowest BCUT2D eigenvalue weighted by Crippen LogP contribution is -2.29. The zero-order valence-corrected chi connectivity index (χ0v) is 16.0. The predicted octanol–water partition coefficient (Wildman–Crippen LogP) is 1.69. The van der Waals surface area contributed by atoms with Gasteiger partial charge in [-0.15, -0.1) is 0 Å². The van der Waals surface area contributed by atoms with Crippen LogP contribution in [0.2, 0.25) is 0 Å². The largest absolute Gasteiger partial charge is 0.396 e. The molecular formula is C17H23N3O4S2. The number of hydrogen-bond acceptors (Lipinski definition) is 6. The molecule has 2 fully saturated rings. The minimum absolute atomic E-state index is 0.0200.